The van der Waals surface area contributed by atoms with E-state index in [0.29, 0.717) is 6.61 Å². The van der Waals surface area contributed by atoms with Crippen LogP contribution in [0.1, 0.15) is 22.3 Å². The smallest absolute Gasteiger partial charge is 0.363 e. The van der Waals surface area contributed by atoms with Crippen molar-refractivity contribution in [1.82, 2.24) is 0 Å². The minimum Gasteiger partial charge on any atom is -0.489 e. The third kappa shape index (κ3) is 4.41. The number of carbonyl (C=O) groups is 1. The summed E-state index contributed by atoms with van der Waals surface area (Å²) >= 11 is 0. The molecule has 0 unspecified atom stereocenters. The molecule has 0 N–H and O–H groups in total. The number of rotatable bonds is 5. The first-order valence-electron chi connectivity index (χ1n) is 9.14. The van der Waals surface area contributed by atoms with Crippen molar-refractivity contribution in [3.63, 3.8) is 0 Å². The number of hydrogen-bond acceptors (Lipinski definition) is 4. The van der Waals surface area contributed by atoms with Gasteiger partial charge < -0.3 is 9.47 Å². The summed E-state index contributed by atoms with van der Waals surface area (Å²) in [6.07, 6.45) is 1.60. The quantitative estimate of drug-likeness (QED) is 0.454. The Morgan fingerprint density at radius 3 is 2.45 bits per heavy atom. The lowest BCUT2D eigenvalue weighted by atomic mass is 10.1. The van der Waals surface area contributed by atoms with E-state index in [1.807, 2.05) is 55.5 Å². The Morgan fingerprint density at radius 1 is 1.00 bits per heavy atom. The Labute approximate surface area is 167 Å². The molecule has 0 bridgehead atoms. The highest BCUT2D eigenvalue weighted by Crippen LogP contribution is 2.22. The summed E-state index contributed by atoms with van der Waals surface area (Å²) in [5.74, 6) is -0.409. The fourth-order valence-corrected chi connectivity index (χ4v) is 2.83. The van der Waals surface area contributed by atoms with Crippen LogP contribution in [0.2, 0.25) is 0 Å². The van der Waals surface area contributed by atoms with Gasteiger partial charge in [0.1, 0.15) is 18.2 Å². The first-order chi connectivity index (χ1) is 14.1. The van der Waals surface area contributed by atoms with E-state index in [2.05, 4.69) is 4.99 Å². The van der Waals surface area contributed by atoms with Crippen molar-refractivity contribution in [2.75, 3.05) is 0 Å². The van der Waals surface area contributed by atoms with Gasteiger partial charge in [-0.3, -0.25) is 0 Å². The lowest BCUT2D eigenvalue weighted by Crippen LogP contribution is -2.07. The lowest BCUT2D eigenvalue weighted by Gasteiger charge is -2.07. The van der Waals surface area contributed by atoms with Gasteiger partial charge in [0, 0.05) is 0 Å². The molecule has 3 aromatic rings. The molecule has 0 fully saturated rings. The summed E-state index contributed by atoms with van der Waals surface area (Å²) in [7, 11) is 0. The van der Waals surface area contributed by atoms with Gasteiger partial charge in [-0.05, 0) is 48.4 Å². The number of carbonyl (C=O) groups excluding carboxylic acids is 1. The van der Waals surface area contributed by atoms with E-state index in [-0.39, 0.29) is 17.2 Å². The van der Waals surface area contributed by atoms with E-state index >= 15 is 0 Å². The zero-order valence-electron chi connectivity index (χ0n) is 15.8. The van der Waals surface area contributed by atoms with E-state index in [1.165, 1.54) is 17.7 Å². The van der Waals surface area contributed by atoms with Crippen LogP contribution in [0.4, 0.5) is 4.39 Å². The van der Waals surface area contributed by atoms with Crippen LogP contribution in [-0.2, 0) is 16.1 Å². The number of ether oxygens (including phenoxy) is 2. The maximum Gasteiger partial charge on any atom is 0.363 e. The predicted molar refractivity (Wildman–Crippen MR) is 109 cm³/mol. The molecule has 4 rings (SSSR count). The zero-order valence-corrected chi connectivity index (χ0v) is 15.8. The summed E-state index contributed by atoms with van der Waals surface area (Å²) in [5.41, 5.74) is 3.33. The van der Waals surface area contributed by atoms with Crippen molar-refractivity contribution in [2.45, 2.75) is 13.5 Å². The molecule has 0 saturated heterocycles. The van der Waals surface area contributed by atoms with Crippen molar-refractivity contribution < 1.29 is 18.7 Å². The number of aliphatic imine (C=N–C) groups is 1. The highest BCUT2D eigenvalue weighted by atomic mass is 19.1. The van der Waals surface area contributed by atoms with E-state index in [4.69, 9.17) is 9.47 Å². The number of benzene rings is 3. The maximum absolute atomic E-state index is 13.9. The molecule has 1 heterocycles. The van der Waals surface area contributed by atoms with Crippen LogP contribution in [0.3, 0.4) is 0 Å². The third-order valence-electron chi connectivity index (χ3n) is 4.43. The van der Waals surface area contributed by atoms with Crippen molar-refractivity contribution >= 4 is 17.9 Å². The van der Waals surface area contributed by atoms with Gasteiger partial charge in [0.15, 0.2) is 5.70 Å². The minimum atomic E-state index is -0.608. The summed E-state index contributed by atoms with van der Waals surface area (Å²) in [5, 5.41) is 0. The molecule has 0 radical (unpaired) electrons. The van der Waals surface area contributed by atoms with Gasteiger partial charge in [-0.2, -0.15) is 0 Å². The Bertz CT molecular complexity index is 1100. The molecule has 4 nitrogen and oxygen atoms in total. The van der Waals surface area contributed by atoms with Gasteiger partial charge in [0.2, 0.25) is 5.90 Å². The van der Waals surface area contributed by atoms with Crippen molar-refractivity contribution in [1.29, 1.82) is 0 Å². The Morgan fingerprint density at radius 2 is 1.72 bits per heavy atom. The van der Waals surface area contributed by atoms with Gasteiger partial charge in [0.25, 0.3) is 0 Å². The molecule has 5 heteroatoms. The predicted octanol–water partition coefficient (Wildman–Crippen LogP) is 5.06. The molecule has 0 saturated carbocycles. The summed E-state index contributed by atoms with van der Waals surface area (Å²) in [6, 6.07) is 21.5. The second-order valence-electron chi connectivity index (χ2n) is 6.66. The van der Waals surface area contributed by atoms with E-state index in [9.17, 15) is 9.18 Å². The average molecular weight is 387 g/mol. The van der Waals surface area contributed by atoms with Gasteiger partial charge in [-0.1, -0.05) is 54.1 Å². The highest BCUT2D eigenvalue weighted by molar-refractivity contribution is 6.12. The Balaban J connectivity index is 1.46. The van der Waals surface area contributed by atoms with E-state index in [1.54, 1.807) is 18.2 Å². The number of aryl methyl sites for hydroxylation is 1. The Kier molecular flexibility index (Phi) is 5.20. The summed E-state index contributed by atoms with van der Waals surface area (Å²) in [6.45, 7) is 2.52. The van der Waals surface area contributed by atoms with Crippen LogP contribution in [0.25, 0.3) is 6.08 Å². The minimum absolute atomic E-state index is 0.0302. The fraction of sp³-hybridized carbons (Fsp3) is 0.0833. The van der Waals surface area contributed by atoms with Gasteiger partial charge in [0.05, 0.1) is 5.56 Å². The molecule has 144 valence electrons. The second-order valence-corrected chi connectivity index (χ2v) is 6.66. The number of nitrogens with zero attached hydrogens (tertiary/aromatic N) is 1. The Hall–Kier alpha value is -3.73. The topological polar surface area (TPSA) is 47.9 Å². The number of cyclic esters (lactones) is 1. The highest BCUT2D eigenvalue weighted by Gasteiger charge is 2.25. The van der Waals surface area contributed by atoms with Crippen LogP contribution in [0.15, 0.2) is 83.5 Å². The SMILES string of the molecule is Cc1ccc(COc2ccc(/C=C3\N=C(c4ccccc4F)OC3=O)cc2)cc1. The van der Waals surface area contributed by atoms with Gasteiger partial charge in [-0.15, -0.1) is 0 Å². The lowest BCUT2D eigenvalue weighted by molar-refractivity contribution is -0.129. The molecule has 3 aromatic carbocycles. The molecule has 0 spiro atoms. The van der Waals surface area contributed by atoms with Gasteiger partial charge >= 0.3 is 5.97 Å². The second kappa shape index (κ2) is 8.10. The molecule has 0 atom stereocenters. The van der Waals surface area contributed by atoms with E-state index < -0.39 is 11.8 Å². The van der Waals surface area contributed by atoms with Crippen LogP contribution >= 0.6 is 0 Å². The first-order valence-corrected chi connectivity index (χ1v) is 9.14. The number of hydrogen-bond donors (Lipinski definition) is 0. The fourth-order valence-electron chi connectivity index (χ4n) is 2.83. The first kappa shape index (κ1) is 18.6. The average Bonchev–Trinajstić information content (AvgIpc) is 3.09. The largest absolute Gasteiger partial charge is 0.489 e. The van der Waals surface area contributed by atoms with Crippen molar-refractivity contribution in [3.05, 3.63) is 107 Å². The molecule has 29 heavy (non-hydrogen) atoms. The third-order valence-corrected chi connectivity index (χ3v) is 4.43. The van der Waals surface area contributed by atoms with Crippen LogP contribution < -0.4 is 4.74 Å². The monoisotopic (exact) mass is 387 g/mol. The number of halogens is 1. The van der Waals surface area contributed by atoms with Crippen LogP contribution in [0, 0.1) is 12.7 Å². The molecule has 0 aromatic heterocycles. The summed E-state index contributed by atoms with van der Waals surface area (Å²) < 4.78 is 24.8. The maximum atomic E-state index is 13.9. The van der Waals surface area contributed by atoms with Crippen LogP contribution in [-0.4, -0.2) is 11.9 Å². The molecule has 1 aliphatic rings. The van der Waals surface area contributed by atoms with Crippen molar-refractivity contribution in [2.24, 2.45) is 4.99 Å². The number of esters is 1. The summed E-state index contributed by atoms with van der Waals surface area (Å²) in [4.78, 5) is 16.2. The van der Waals surface area contributed by atoms with Crippen LogP contribution in [0.5, 0.6) is 5.75 Å². The van der Waals surface area contributed by atoms with Crippen molar-refractivity contribution in [3.8, 4) is 5.75 Å². The molecule has 1 aliphatic heterocycles. The van der Waals surface area contributed by atoms with Gasteiger partial charge in [-0.25, -0.2) is 14.2 Å². The molecular weight excluding hydrogens is 369 g/mol. The zero-order chi connectivity index (χ0) is 20.2. The molecular formula is C24H18FNO3. The molecule has 0 aliphatic carbocycles. The normalized spacial score (nSPS) is 14.6. The molecule has 0 amide bonds. The van der Waals surface area contributed by atoms with E-state index in [0.717, 1.165) is 16.9 Å². The standard InChI is InChI=1S/C24H18FNO3/c1-16-6-8-18(9-7-16)15-28-19-12-10-17(11-13-19)14-22-24(27)29-23(26-22)20-4-2-3-5-21(20)25/h2-14H,15H2,1H3/b22-14-.